The molecule has 2 aliphatic heterocycles. The monoisotopic (exact) mass is 506 g/mol. The number of imidazole rings is 1. The summed E-state index contributed by atoms with van der Waals surface area (Å²) in [4.78, 5) is 44.1. The largest absolute Gasteiger partial charge is 0.338 e. The fourth-order valence-corrected chi connectivity index (χ4v) is 5.53. The first kappa shape index (κ1) is 22.2. The third kappa shape index (κ3) is 4.09. The Morgan fingerprint density at radius 1 is 0.971 bits per heavy atom. The number of halogens is 1. The van der Waals surface area contributed by atoms with Gasteiger partial charge in [0.1, 0.15) is 17.0 Å². The van der Waals surface area contributed by atoms with Gasteiger partial charge in [0.05, 0.1) is 21.6 Å². The van der Waals surface area contributed by atoms with Gasteiger partial charge in [-0.05, 0) is 24.3 Å². The van der Waals surface area contributed by atoms with E-state index < -0.39 is 0 Å². The van der Waals surface area contributed by atoms with E-state index in [1.165, 1.54) is 11.3 Å². The molecule has 0 unspecified atom stereocenters. The summed E-state index contributed by atoms with van der Waals surface area (Å²) >= 11 is 7.78. The maximum absolute atomic E-state index is 13.3. The Morgan fingerprint density at radius 2 is 1.77 bits per heavy atom. The van der Waals surface area contributed by atoms with Crippen molar-refractivity contribution in [2.75, 3.05) is 39.3 Å². The van der Waals surface area contributed by atoms with Gasteiger partial charge in [-0.1, -0.05) is 29.8 Å². The SMILES string of the molecule is O=C(c1cscn1)N1CCN(C2CN(C(=O)c3cccc4[nH]c(-c5ccccc5Cl)nc34)C2)CC1. The van der Waals surface area contributed by atoms with Crippen molar-refractivity contribution >= 4 is 45.8 Å². The van der Waals surface area contributed by atoms with Crippen molar-refractivity contribution < 1.29 is 9.59 Å². The second-order valence-electron chi connectivity index (χ2n) is 8.83. The van der Waals surface area contributed by atoms with Gasteiger partial charge < -0.3 is 14.8 Å². The molecule has 4 heterocycles. The van der Waals surface area contributed by atoms with Crippen molar-refractivity contribution in [2.24, 2.45) is 0 Å². The molecule has 0 spiro atoms. The number of benzene rings is 2. The third-order valence-corrected chi connectivity index (χ3v) is 7.71. The Hall–Kier alpha value is -3.27. The van der Waals surface area contributed by atoms with Gasteiger partial charge in [-0.25, -0.2) is 9.97 Å². The van der Waals surface area contributed by atoms with Gasteiger partial charge >= 0.3 is 0 Å². The Labute approximate surface area is 211 Å². The maximum Gasteiger partial charge on any atom is 0.273 e. The van der Waals surface area contributed by atoms with Crippen molar-refractivity contribution in [3.05, 3.63) is 69.6 Å². The highest BCUT2D eigenvalue weighted by Crippen LogP contribution is 2.29. The van der Waals surface area contributed by atoms with Crippen molar-refractivity contribution in [2.45, 2.75) is 6.04 Å². The normalized spacial score (nSPS) is 17.1. The number of likely N-dealkylation sites (tertiary alicyclic amines) is 1. The molecule has 0 atom stereocenters. The Balaban J connectivity index is 1.10. The van der Waals surface area contributed by atoms with Gasteiger partial charge in [-0.3, -0.25) is 14.5 Å². The molecule has 0 aliphatic carbocycles. The van der Waals surface area contributed by atoms with Crippen LogP contribution in [0, 0.1) is 0 Å². The molecule has 4 aromatic rings. The lowest BCUT2D eigenvalue weighted by atomic mass is 10.0. The minimum absolute atomic E-state index is 0.000398. The van der Waals surface area contributed by atoms with Crippen LogP contribution >= 0.6 is 22.9 Å². The quantitative estimate of drug-likeness (QED) is 0.457. The van der Waals surface area contributed by atoms with Crippen LogP contribution in [0.1, 0.15) is 20.8 Å². The first-order valence-corrected chi connectivity index (χ1v) is 12.8. The number of nitrogens with one attached hydrogen (secondary N) is 1. The summed E-state index contributed by atoms with van der Waals surface area (Å²) in [5.41, 5.74) is 5.07. The number of para-hydroxylation sites is 1. The number of fused-ring (bicyclic) bond motifs is 1. The van der Waals surface area contributed by atoms with E-state index in [0.717, 1.165) is 24.2 Å². The van der Waals surface area contributed by atoms with Crippen LogP contribution in [0.25, 0.3) is 22.4 Å². The maximum atomic E-state index is 13.3. The number of amides is 2. The summed E-state index contributed by atoms with van der Waals surface area (Å²) in [6.07, 6.45) is 0. The molecule has 1 N–H and O–H groups in total. The Bertz CT molecular complexity index is 1390. The number of thiazole rings is 1. The topological polar surface area (TPSA) is 85.4 Å². The second kappa shape index (κ2) is 9.07. The average Bonchev–Trinajstić information content (AvgIpc) is 3.53. The number of piperazine rings is 1. The fourth-order valence-electron chi connectivity index (χ4n) is 4.78. The predicted octanol–water partition coefficient (Wildman–Crippen LogP) is 3.62. The lowest BCUT2D eigenvalue weighted by Gasteiger charge is -2.48. The van der Waals surface area contributed by atoms with E-state index in [1.54, 1.807) is 10.9 Å². The zero-order valence-electron chi connectivity index (χ0n) is 18.9. The lowest BCUT2D eigenvalue weighted by Crippen LogP contribution is -2.64. The highest BCUT2D eigenvalue weighted by atomic mass is 35.5. The smallest absolute Gasteiger partial charge is 0.273 e. The van der Waals surface area contributed by atoms with Gasteiger partial charge in [-0.15, -0.1) is 11.3 Å². The van der Waals surface area contributed by atoms with Crippen LogP contribution in [-0.2, 0) is 0 Å². The van der Waals surface area contributed by atoms with Crippen LogP contribution in [0.3, 0.4) is 0 Å². The number of hydrogen-bond donors (Lipinski definition) is 1. The van der Waals surface area contributed by atoms with E-state index >= 15 is 0 Å². The Kier molecular flexibility index (Phi) is 5.75. The molecular formula is C25H23ClN6O2S. The van der Waals surface area contributed by atoms with Crippen molar-refractivity contribution in [3.8, 4) is 11.4 Å². The van der Waals surface area contributed by atoms with E-state index in [-0.39, 0.29) is 11.8 Å². The molecule has 2 saturated heterocycles. The van der Waals surface area contributed by atoms with Crippen molar-refractivity contribution in [1.82, 2.24) is 29.7 Å². The summed E-state index contributed by atoms with van der Waals surface area (Å²) in [5, 5.41) is 2.40. The van der Waals surface area contributed by atoms with Crippen molar-refractivity contribution in [1.29, 1.82) is 0 Å². The van der Waals surface area contributed by atoms with Crippen LogP contribution < -0.4 is 0 Å². The molecule has 35 heavy (non-hydrogen) atoms. The number of nitrogens with zero attached hydrogens (tertiary/aromatic N) is 5. The minimum Gasteiger partial charge on any atom is -0.338 e. The van der Waals surface area contributed by atoms with E-state index in [2.05, 4.69) is 14.9 Å². The molecule has 2 aromatic carbocycles. The fraction of sp³-hybridized carbons (Fsp3) is 0.280. The van der Waals surface area contributed by atoms with E-state index in [4.69, 9.17) is 16.6 Å². The number of carbonyl (C=O) groups excluding carboxylic acids is 2. The number of aromatic nitrogens is 3. The first-order valence-electron chi connectivity index (χ1n) is 11.5. The zero-order chi connectivity index (χ0) is 23.9. The molecule has 0 saturated carbocycles. The molecule has 0 bridgehead atoms. The van der Waals surface area contributed by atoms with E-state index in [9.17, 15) is 9.59 Å². The molecule has 2 aliphatic rings. The molecular weight excluding hydrogens is 484 g/mol. The number of H-pyrrole nitrogens is 1. The highest BCUT2D eigenvalue weighted by molar-refractivity contribution is 7.07. The second-order valence-corrected chi connectivity index (χ2v) is 9.96. The summed E-state index contributed by atoms with van der Waals surface area (Å²) < 4.78 is 0. The van der Waals surface area contributed by atoms with Crippen LogP contribution in [-0.4, -0.2) is 86.8 Å². The van der Waals surface area contributed by atoms with Gasteiger partial charge in [0.25, 0.3) is 11.8 Å². The lowest BCUT2D eigenvalue weighted by molar-refractivity contribution is 0.00853. The van der Waals surface area contributed by atoms with Gasteiger partial charge in [0.2, 0.25) is 0 Å². The number of carbonyl (C=O) groups is 2. The summed E-state index contributed by atoms with van der Waals surface area (Å²) in [7, 11) is 0. The molecule has 0 radical (unpaired) electrons. The van der Waals surface area contributed by atoms with Crippen LogP contribution in [0.4, 0.5) is 0 Å². The third-order valence-electron chi connectivity index (χ3n) is 6.79. The molecule has 178 valence electrons. The van der Waals surface area contributed by atoms with Crippen molar-refractivity contribution in [3.63, 3.8) is 0 Å². The summed E-state index contributed by atoms with van der Waals surface area (Å²) in [5.74, 6) is 0.637. The summed E-state index contributed by atoms with van der Waals surface area (Å²) in [6, 6.07) is 13.5. The summed E-state index contributed by atoms with van der Waals surface area (Å²) in [6.45, 7) is 4.32. The molecule has 2 fully saturated rings. The molecule has 6 rings (SSSR count). The van der Waals surface area contributed by atoms with Crippen LogP contribution in [0.15, 0.2) is 53.4 Å². The number of hydrogen-bond acceptors (Lipinski definition) is 6. The van der Waals surface area contributed by atoms with E-state index in [1.807, 2.05) is 52.3 Å². The standard InChI is InChI=1S/C25H23ClN6O2S/c26-19-6-2-1-4-17(19)23-28-20-7-3-5-18(22(20)29-23)24(33)32-12-16(13-32)30-8-10-31(11-9-30)25(34)21-14-35-15-27-21/h1-7,14-16H,8-13H2,(H,28,29). The van der Waals surface area contributed by atoms with Gasteiger partial charge in [0, 0.05) is 56.3 Å². The molecule has 10 heteroatoms. The molecule has 8 nitrogen and oxygen atoms in total. The van der Waals surface area contributed by atoms with E-state index in [0.29, 0.717) is 59.8 Å². The first-order chi connectivity index (χ1) is 17.1. The highest BCUT2D eigenvalue weighted by Gasteiger charge is 2.37. The van der Waals surface area contributed by atoms with Gasteiger partial charge in [-0.2, -0.15) is 0 Å². The average molecular weight is 507 g/mol. The molecule has 2 aromatic heterocycles. The number of aromatic amines is 1. The zero-order valence-corrected chi connectivity index (χ0v) is 20.4. The Morgan fingerprint density at radius 3 is 2.51 bits per heavy atom. The van der Waals surface area contributed by atoms with Gasteiger partial charge in [0.15, 0.2) is 0 Å². The minimum atomic E-state index is -0.0126. The van der Waals surface area contributed by atoms with Crippen LogP contribution in [0.5, 0.6) is 0 Å². The predicted molar refractivity (Wildman–Crippen MR) is 136 cm³/mol. The molecule has 2 amide bonds. The number of rotatable bonds is 4. The van der Waals surface area contributed by atoms with Crippen LogP contribution in [0.2, 0.25) is 5.02 Å².